The van der Waals surface area contributed by atoms with Crippen molar-refractivity contribution >= 4 is 27.6 Å². The van der Waals surface area contributed by atoms with Gasteiger partial charge in [-0.15, -0.1) is 10.2 Å². The average molecular weight is 537 g/mol. The summed E-state index contributed by atoms with van der Waals surface area (Å²) in [4.78, 5) is 8.36. The first kappa shape index (κ1) is 26.1. The number of halogens is 1. The van der Waals surface area contributed by atoms with E-state index in [0.29, 0.717) is 46.9 Å². The molecule has 1 saturated heterocycles. The van der Waals surface area contributed by atoms with Crippen LogP contribution in [0.4, 0.5) is 5.95 Å². The van der Waals surface area contributed by atoms with Gasteiger partial charge < -0.3 is 14.2 Å². The molecule has 0 radical (unpaired) electrons. The van der Waals surface area contributed by atoms with E-state index in [2.05, 4.69) is 24.9 Å². The van der Waals surface area contributed by atoms with Crippen LogP contribution in [0.1, 0.15) is 50.7 Å². The summed E-state index contributed by atoms with van der Waals surface area (Å²) >= 11 is 5.88. The van der Waals surface area contributed by atoms with E-state index in [1.807, 2.05) is 6.92 Å². The van der Waals surface area contributed by atoms with Gasteiger partial charge in [0.1, 0.15) is 28.8 Å². The molecule has 1 aliphatic rings. The highest BCUT2D eigenvalue weighted by Gasteiger charge is 2.35. The van der Waals surface area contributed by atoms with Gasteiger partial charge in [-0.3, -0.25) is 9.29 Å². The van der Waals surface area contributed by atoms with Crippen LogP contribution >= 0.6 is 11.6 Å². The maximum absolute atomic E-state index is 13.5. The number of aromatic nitrogens is 5. The first-order valence-electron chi connectivity index (χ1n) is 11.4. The first-order valence-corrected chi connectivity index (χ1v) is 13.4. The van der Waals surface area contributed by atoms with Crippen LogP contribution in [0.15, 0.2) is 30.6 Å². The summed E-state index contributed by atoms with van der Waals surface area (Å²) in [6.07, 6.45) is 3.63. The number of sulfonamides is 1. The number of benzene rings is 1. The first-order chi connectivity index (χ1) is 17.2. The molecule has 0 saturated carbocycles. The Balaban J connectivity index is 1.77. The molecular weight excluding hydrogens is 508 g/mol. The van der Waals surface area contributed by atoms with Crippen molar-refractivity contribution in [3.63, 3.8) is 0 Å². The van der Waals surface area contributed by atoms with Crippen molar-refractivity contribution < 1.29 is 22.6 Å². The van der Waals surface area contributed by atoms with Crippen LogP contribution < -0.4 is 14.2 Å². The van der Waals surface area contributed by atoms with E-state index in [1.165, 1.54) is 26.6 Å². The predicted molar refractivity (Wildman–Crippen MR) is 135 cm³/mol. The number of hydrogen-bond donors (Lipinski definition) is 1. The molecule has 194 valence electrons. The third kappa shape index (κ3) is 5.11. The Kier molecular flexibility index (Phi) is 7.67. The van der Waals surface area contributed by atoms with Gasteiger partial charge in [-0.25, -0.2) is 18.4 Å². The minimum Gasteiger partial charge on any atom is -0.494 e. The molecule has 1 fully saturated rings. The van der Waals surface area contributed by atoms with Gasteiger partial charge in [0.15, 0.2) is 0 Å². The molecule has 0 spiro atoms. The number of methoxy groups -OCH3 is 2. The van der Waals surface area contributed by atoms with Gasteiger partial charge >= 0.3 is 0 Å². The largest absolute Gasteiger partial charge is 0.494 e. The topological polar surface area (TPSA) is 130 Å². The van der Waals surface area contributed by atoms with Crippen LogP contribution in [0, 0.1) is 0 Å². The van der Waals surface area contributed by atoms with Crippen LogP contribution in [0.3, 0.4) is 0 Å². The lowest BCUT2D eigenvalue weighted by molar-refractivity contribution is 0.123. The van der Waals surface area contributed by atoms with E-state index < -0.39 is 21.2 Å². The van der Waals surface area contributed by atoms with Crippen LogP contribution in [-0.2, 0) is 14.8 Å². The second-order valence-electron chi connectivity index (χ2n) is 8.71. The van der Waals surface area contributed by atoms with E-state index in [-0.39, 0.29) is 18.0 Å². The van der Waals surface area contributed by atoms with E-state index in [4.69, 9.17) is 25.8 Å². The van der Waals surface area contributed by atoms with E-state index in [9.17, 15) is 8.42 Å². The Labute approximate surface area is 215 Å². The van der Waals surface area contributed by atoms with Crippen molar-refractivity contribution in [2.24, 2.45) is 0 Å². The molecule has 1 N–H and O–H groups in total. The van der Waals surface area contributed by atoms with Crippen molar-refractivity contribution in [1.82, 2.24) is 24.7 Å². The molecule has 0 aliphatic carbocycles. The van der Waals surface area contributed by atoms with Gasteiger partial charge in [-0.1, -0.05) is 24.6 Å². The van der Waals surface area contributed by atoms with Crippen LogP contribution in [-0.4, -0.2) is 65.3 Å². The summed E-state index contributed by atoms with van der Waals surface area (Å²) in [6, 6.07) is 5.30. The van der Waals surface area contributed by atoms with Gasteiger partial charge in [0.05, 0.1) is 37.2 Å². The normalized spacial score (nSPS) is 19.6. The number of nitrogens with zero attached hydrogens (tertiary/aromatic N) is 5. The lowest BCUT2D eigenvalue weighted by atomic mass is 10.1. The Bertz CT molecular complexity index is 1290. The van der Waals surface area contributed by atoms with Crippen molar-refractivity contribution in [2.45, 2.75) is 50.4 Å². The van der Waals surface area contributed by atoms with E-state index in [0.717, 1.165) is 0 Å². The monoisotopic (exact) mass is 536 g/mol. The SMILES string of the molecule is COc1cccc(OC)c1-n1c(NS(=O)(=O)[C@@H](C)[C@H](C)c2ncc(Cl)cn2)nnc1[C@@H]1CO[C@H](C)C1. The second kappa shape index (κ2) is 10.6. The second-order valence-corrected chi connectivity index (χ2v) is 11.2. The summed E-state index contributed by atoms with van der Waals surface area (Å²) in [6.45, 7) is 5.74. The molecule has 3 aromatic rings. The lowest BCUT2D eigenvalue weighted by Crippen LogP contribution is -2.31. The van der Waals surface area contributed by atoms with Gasteiger partial charge in [0.25, 0.3) is 0 Å². The summed E-state index contributed by atoms with van der Waals surface area (Å²) in [5.41, 5.74) is 0.487. The standard InChI is InChI=1S/C23H29ClN6O5S/c1-13-9-16(12-35-13)22-27-28-23(30(22)20-18(33-4)7-6-8-19(20)34-5)29-36(31,32)15(3)14(2)21-25-10-17(24)11-26-21/h6-8,10-11,13-16H,9,12H2,1-5H3,(H,28,29)/t13-,14+,15+,16+/m1/s1. The molecule has 36 heavy (non-hydrogen) atoms. The molecule has 0 unspecified atom stereocenters. The van der Waals surface area contributed by atoms with Crippen molar-refractivity contribution in [2.75, 3.05) is 25.5 Å². The van der Waals surface area contributed by atoms with Crippen LogP contribution in [0.2, 0.25) is 5.02 Å². The highest BCUT2D eigenvalue weighted by atomic mass is 35.5. The third-order valence-corrected chi connectivity index (χ3v) is 8.40. The smallest absolute Gasteiger partial charge is 0.243 e. The van der Waals surface area contributed by atoms with Crippen molar-refractivity contribution in [1.29, 1.82) is 0 Å². The molecule has 4 rings (SSSR count). The zero-order valence-electron chi connectivity index (χ0n) is 20.7. The fourth-order valence-electron chi connectivity index (χ4n) is 4.15. The maximum Gasteiger partial charge on any atom is 0.243 e. The minimum atomic E-state index is -3.96. The summed E-state index contributed by atoms with van der Waals surface area (Å²) in [7, 11) is -0.900. The van der Waals surface area contributed by atoms with Crippen molar-refractivity contribution in [3.05, 3.63) is 47.3 Å². The third-order valence-electron chi connectivity index (χ3n) is 6.35. The number of para-hydroxylation sites is 1. The molecule has 1 aromatic carbocycles. The lowest BCUT2D eigenvalue weighted by Gasteiger charge is -2.22. The summed E-state index contributed by atoms with van der Waals surface area (Å²) < 4.78 is 48.2. The highest BCUT2D eigenvalue weighted by Crippen LogP contribution is 2.39. The van der Waals surface area contributed by atoms with Crippen LogP contribution in [0.5, 0.6) is 11.5 Å². The summed E-state index contributed by atoms with van der Waals surface area (Å²) in [5.74, 6) is 1.24. The fourth-order valence-corrected chi connectivity index (χ4v) is 5.48. The number of ether oxygens (including phenoxy) is 3. The molecule has 4 atom stereocenters. The molecule has 11 nitrogen and oxygen atoms in total. The highest BCUT2D eigenvalue weighted by molar-refractivity contribution is 7.93. The fraction of sp³-hybridized carbons (Fsp3) is 0.478. The summed E-state index contributed by atoms with van der Waals surface area (Å²) in [5, 5.41) is 8.07. The Morgan fingerprint density at radius 1 is 1.14 bits per heavy atom. The van der Waals surface area contributed by atoms with Crippen molar-refractivity contribution in [3.8, 4) is 17.2 Å². The molecule has 0 amide bonds. The quantitative estimate of drug-likeness (QED) is 0.436. The number of rotatable bonds is 9. The van der Waals surface area contributed by atoms with Gasteiger partial charge in [0, 0.05) is 24.2 Å². The van der Waals surface area contributed by atoms with E-state index in [1.54, 1.807) is 36.6 Å². The maximum atomic E-state index is 13.5. The molecule has 2 aromatic heterocycles. The average Bonchev–Trinajstić information content (AvgIpc) is 3.48. The van der Waals surface area contributed by atoms with Gasteiger partial charge in [-0.05, 0) is 32.4 Å². The predicted octanol–water partition coefficient (Wildman–Crippen LogP) is 3.55. The molecule has 3 heterocycles. The Morgan fingerprint density at radius 2 is 1.78 bits per heavy atom. The molecule has 13 heteroatoms. The number of nitrogens with one attached hydrogen (secondary N) is 1. The molecule has 0 bridgehead atoms. The van der Waals surface area contributed by atoms with E-state index >= 15 is 0 Å². The molecular formula is C23H29ClN6O5S. The zero-order valence-corrected chi connectivity index (χ0v) is 22.2. The van der Waals surface area contributed by atoms with Gasteiger partial charge in [0.2, 0.25) is 16.0 Å². The number of hydrogen-bond acceptors (Lipinski definition) is 9. The Hall–Kier alpha value is -2.96. The number of anilines is 1. The molecule has 1 aliphatic heterocycles. The van der Waals surface area contributed by atoms with Crippen LogP contribution in [0.25, 0.3) is 5.69 Å². The van der Waals surface area contributed by atoms with Gasteiger partial charge in [-0.2, -0.15) is 0 Å². The Morgan fingerprint density at radius 3 is 2.33 bits per heavy atom. The minimum absolute atomic E-state index is 0.0171. The zero-order chi connectivity index (χ0) is 26.0.